The van der Waals surface area contributed by atoms with Gasteiger partial charge in [-0.2, -0.15) is 0 Å². The van der Waals surface area contributed by atoms with Crippen LogP contribution in [0.15, 0.2) is 66.7 Å². The largest absolute Gasteiger partial charge is 0.493 e. The Hall–Kier alpha value is -3.41. The molecule has 0 radical (unpaired) electrons. The SMILES string of the molecule is O=C(O)[C@@H]1C[C@H]1COc1ccc(-c2cc(Oc3ccc(F)cc3)ccc2F)cc1. The quantitative estimate of drug-likeness (QED) is 0.571. The molecule has 6 heteroatoms. The van der Waals surface area contributed by atoms with E-state index in [0.29, 0.717) is 41.4 Å². The fraction of sp³-hybridized carbons (Fsp3) is 0.174. The van der Waals surface area contributed by atoms with Crippen LogP contribution in [0.5, 0.6) is 17.2 Å². The molecular weight excluding hydrogens is 378 g/mol. The van der Waals surface area contributed by atoms with Gasteiger partial charge in [-0.05, 0) is 66.6 Å². The molecule has 0 unspecified atom stereocenters. The van der Waals surface area contributed by atoms with Crippen LogP contribution in [0.3, 0.4) is 0 Å². The molecule has 2 atom stereocenters. The molecule has 0 heterocycles. The normalized spacial score (nSPS) is 17.6. The molecule has 1 fully saturated rings. The molecule has 0 bridgehead atoms. The van der Waals surface area contributed by atoms with Gasteiger partial charge in [-0.25, -0.2) is 8.78 Å². The summed E-state index contributed by atoms with van der Waals surface area (Å²) in [6, 6.07) is 16.9. The number of hydrogen-bond acceptors (Lipinski definition) is 3. The van der Waals surface area contributed by atoms with Crippen molar-refractivity contribution in [3.8, 4) is 28.4 Å². The zero-order valence-electron chi connectivity index (χ0n) is 15.3. The van der Waals surface area contributed by atoms with Crippen LogP contribution in [0.1, 0.15) is 6.42 Å². The monoisotopic (exact) mass is 396 g/mol. The molecule has 4 rings (SSSR count). The summed E-state index contributed by atoms with van der Waals surface area (Å²) in [6.07, 6.45) is 0.638. The fourth-order valence-corrected chi connectivity index (χ4v) is 3.10. The van der Waals surface area contributed by atoms with E-state index in [2.05, 4.69) is 0 Å². The first kappa shape index (κ1) is 18.9. The third-order valence-corrected chi connectivity index (χ3v) is 4.86. The van der Waals surface area contributed by atoms with E-state index < -0.39 is 11.8 Å². The van der Waals surface area contributed by atoms with Gasteiger partial charge in [-0.1, -0.05) is 12.1 Å². The second kappa shape index (κ2) is 7.91. The molecule has 1 saturated carbocycles. The zero-order valence-corrected chi connectivity index (χ0v) is 15.3. The van der Waals surface area contributed by atoms with Crippen molar-refractivity contribution in [2.45, 2.75) is 6.42 Å². The van der Waals surface area contributed by atoms with Crippen LogP contribution in [0, 0.1) is 23.5 Å². The average molecular weight is 396 g/mol. The predicted molar refractivity (Wildman–Crippen MR) is 103 cm³/mol. The Balaban J connectivity index is 1.44. The van der Waals surface area contributed by atoms with Gasteiger partial charge in [-0.3, -0.25) is 4.79 Å². The number of rotatable bonds is 7. The Bertz CT molecular complexity index is 1020. The van der Waals surface area contributed by atoms with E-state index in [1.165, 1.54) is 36.4 Å². The molecule has 1 aliphatic rings. The predicted octanol–water partition coefficient (Wildman–Crippen LogP) is 5.52. The lowest BCUT2D eigenvalue weighted by Gasteiger charge is -2.10. The van der Waals surface area contributed by atoms with Crippen molar-refractivity contribution in [3.63, 3.8) is 0 Å². The number of benzene rings is 3. The molecule has 0 aromatic heterocycles. The maximum Gasteiger partial charge on any atom is 0.306 e. The molecule has 0 spiro atoms. The maximum absolute atomic E-state index is 14.3. The van der Waals surface area contributed by atoms with Crippen LogP contribution in [-0.2, 0) is 4.79 Å². The van der Waals surface area contributed by atoms with Crippen molar-refractivity contribution >= 4 is 5.97 Å². The molecule has 3 aromatic rings. The lowest BCUT2D eigenvalue weighted by atomic mass is 10.0. The smallest absolute Gasteiger partial charge is 0.306 e. The van der Waals surface area contributed by atoms with Crippen molar-refractivity contribution in [1.82, 2.24) is 0 Å². The number of carboxylic acids is 1. The van der Waals surface area contributed by atoms with Crippen LogP contribution in [0.25, 0.3) is 11.1 Å². The van der Waals surface area contributed by atoms with E-state index in [1.807, 2.05) is 0 Å². The summed E-state index contributed by atoms with van der Waals surface area (Å²) in [7, 11) is 0. The van der Waals surface area contributed by atoms with E-state index in [-0.39, 0.29) is 17.7 Å². The van der Waals surface area contributed by atoms with E-state index in [9.17, 15) is 13.6 Å². The second-order valence-electron chi connectivity index (χ2n) is 6.97. The summed E-state index contributed by atoms with van der Waals surface area (Å²) in [6.45, 7) is 0.353. The molecular formula is C23H18F2O4. The van der Waals surface area contributed by atoms with Crippen molar-refractivity contribution in [2.24, 2.45) is 11.8 Å². The van der Waals surface area contributed by atoms with Crippen LogP contribution in [0.4, 0.5) is 8.78 Å². The first-order valence-corrected chi connectivity index (χ1v) is 9.18. The summed E-state index contributed by atoms with van der Waals surface area (Å²) in [5, 5.41) is 8.92. The molecule has 3 aromatic carbocycles. The highest BCUT2D eigenvalue weighted by Crippen LogP contribution is 2.39. The van der Waals surface area contributed by atoms with Crippen molar-refractivity contribution in [2.75, 3.05) is 6.61 Å². The van der Waals surface area contributed by atoms with Crippen molar-refractivity contribution in [3.05, 3.63) is 78.4 Å². The molecule has 0 saturated heterocycles. The van der Waals surface area contributed by atoms with Gasteiger partial charge < -0.3 is 14.6 Å². The summed E-state index contributed by atoms with van der Waals surface area (Å²) in [5.41, 5.74) is 1.01. The number of ether oxygens (including phenoxy) is 2. The van der Waals surface area contributed by atoms with Crippen molar-refractivity contribution < 1.29 is 28.2 Å². The average Bonchev–Trinajstić information content (AvgIpc) is 3.50. The minimum atomic E-state index is -0.785. The molecule has 0 amide bonds. The molecule has 29 heavy (non-hydrogen) atoms. The Labute approximate surface area is 166 Å². The maximum atomic E-state index is 14.3. The van der Waals surface area contributed by atoms with Crippen LogP contribution < -0.4 is 9.47 Å². The number of aliphatic carboxylic acids is 1. The Kier molecular flexibility index (Phi) is 5.16. The zero-order chi connectivity index (χ0) is 20.4. The van der Waals surface area contributed by atoms with E-state index >= 15 is 0 Å². The highest BCUT2D eigenvalue weighted by Gasteiger charge is 2.43. The van der Waals surface area contributed by atoms with Gasteiger partial charge in [-0.15, -0.1) is 0 Å². The first-order valence-electron chi connectivity index (χ1n) is 9.18. The lowest BCUT2D eigenvalue weighted by Crippen LogP contribution is -2.06. The molecule has 0 aliphatic heterocycles. The molecule has 148 valence electrons. The number of halogens is 2. The number of hydrogen-bond donors (Lipinski definition) is 1. The highest BCUT2D eigenvalue weighted by molar-refractivity contribution is 5.73. The van der Waals surface area contributed by atoms with Crippen molar-refractivity contribution in [1.29, 1.82) is 0 Å². The Morgan fingerprint density at radius 1 is 0.931 bits per heavy atom. The third-order valence-electron chi connectivity index (χ3n) is 4.86. The van der Waals surface area contributed by atoms with Gasteiger partial charge >= 0.3 is 5.97 Å². The van der Waals surface area contributed by atoms with Crippen LogP contribution >= 0.6 is 0 Å². The molecule has 1 aliphatic carbocycles. The molecule has 4 nitrogen and oxygen atoms in total. The fourth-order valence-electron chi connectivity index (χ4n) is 3.10. The number of carboxylic acid groups (broad SMARTS) is 1. The van der Waals surface area contributed by atoms with Crippen LogP contribution in [-0.4, -0.2) is 17.7 Å². The summed E-state index contributed by atoms with van der Waals surface area (Å²) >= 11 is 0. The van der Waals surface area contributed by atoms with Gasteiger partial charge in [0, 0.05) is 11.5 Å². The van der Waals surface area contributed by atoms with Gasteiger partial charge in [0.15, 0.2) is 0 Å². The minimum Gasteiger partial charge on any atom is -0.493 e. The number of carbonyl (C=O) groups is 1. The van der Waals surface area contributed by atoms with Gasteiger partial charge in [0.05, 0.1) is 12.5 Å². The highest BCUT2D eigenvalue weighted by atomic mass is 19.1. The van der Waals surface area contributed by atoms with Crippen LogP contribution in [0.2, 0.25) is 0 Å². The minimum absolute atomic E-state index is 0.0462. The Morgan fingerprint density at radius 2 is 1.59 bits per heavy atom. The molecule has 1 N–H and O–H groups in total. The van der Waals surface area contributed by atoms with E-state index in [1.54, 1.807) is 30.3 Å². The van der Waals surface area contributed by atoms with Gasteiger partial charge in [0.25, 0.3) is 0 Å². The van der Waals surface area contributed by atoms with Gasteiger partial charge in [0.1, 0.15) is 28.9 Å². The summed E-state index contributed by atoms with van der Waals surface area (Å²) < 4.78 is 38.6. The standard InChI is InChI=1S/C23H18F2O4/c24-16-3-7-18(8-4-16)29-19-9-10-22(25)20(12-19)14-1-5-17(6-2-14)28-13-15-11-21(15)23(26)27/h1-10,12,15,21H,11,13H2,(H,26,27)/t15-,21+/m0/s1. The van der Waals surface area contributed by atoms with E-state index in [0.717, 1.165) is 0 Å². The first-order chi connectivity index (χ1) is 14.0. The second-order valence-corrected chi connectivity index (χ2v) is 6.97. The summed E-state index contributed by atoms with van der Waals surface area (Å²) in [5.74, 6) is -0.325. The Morgan fingerprint density at radius 3 is 2.24 bits per heavy atom. The topological polar surface area (TPSA) is 55.8 Å². The van der Waals surface area contributed by atoms with E-state index in [4.69, 9.17) is 14.6 Å². The third kappa shape index (κ3) is 4.54. The summed E-state index contributed by atoms with van der Waals surface area (Å²) in [4.78, 5) is 10.9. The lowest BCUT2D eigenvalue weighted by molar-refractivity contribution is -0.138. The van der Waals surface area contributed by atoms with Gasteiger partial charge in [0.2, 0.25) is 0 Å².